The number of carboxylic acids is 1. The first-order chi connectivity index (χ1) is 12.8. The van der Waals surface area contributed by atoms with E-state index in [1.165, 1.54) is 48.7 Å². The molecule has 1 aromatic heterocycles. The Bertz CT molecular complexity index is 841. The molecule has 0 aliphatic heterocycles. The van der Waals surface area contributed by atoms with Crippen molar-refractivity contribution in [2.24, 2.45) is 5.92 Å². The van der Waals surface area contributed by atoms with Gasteiger partial charge in [-0.15, -0.1) is 0 Å². The molecule has 1 atom stereocenters. The molecule has 0 aliphatic carbocycles. The molecule has 0 saturated carbocycles. The van der Waals surface area contributed by atoms with Crippen LogP contribution in [-0.2, 0) is 9.59 Å². The summed E-state index contributed by atoms with van der Waals surface area (Å²) in [5, 5.41) is 15.9. The third-order valence-corrected chi connectivity index (χ3v) is 3.63. The molecule has 0 saturated heterocycles. The number of carbonyl (C=O) groups excluding carboxylic acids is 3. The van der Waals surface area contributed by atoms with Crippen LogP contribution in [0.1, 0.15) is 30.0 Å². The van der Waals surface area contributed by atoms with E-state index in [4.69, 9.17) is 4.42 Å². The summed E-state index contributed by atoms with van der Waals surface area (Å²) in [6.07, 6.45) is 2.59. The highest BCUT2D eigenvalue weighted by Crippen LogP contribution is 2.10. The number of nitrogens with one attached hydrogen (secondary N) is 2. The number of furan rings is 1. The summed E-state index contributed by atoms with van der Waals surface area (Å²) >= 11 is 0. The normalized spacial score (nSPS) is 12.5. The van der Waals surface area contributed by atoms with Crippen molar-refractivity contribution in [3.63, 3.8) is 0 Å². The molecule has 0 spiro atoms. The molecule has 2 rings (SSSR count). The number of rotatable bonds is 7. The maximum absolute atomic E-state index is 13.1. The van der Waals surface area contributed by atoms with Crippen LogP contribution in [0, 0.1) is 11.7 Å². The first-order valence-corrected chi connectivity index (χ1v) is 8.11. The van der Waals surface area contributed by atoms with Crippen molar-refractivity contribution in [2.45, 2.75) is 19.9 Å². The van der Waals surface area contributed by atoms with Gasteiger partial charge in [-0.2, -0.15) is 0 Å². The number of hydrogen-bond acceptors (Lipinski definition) is 5. The van der Waals surface area contributed by atoms with E-state index in [0.717, 1.165) is 0 Å². The van der Waals surface area contributed by atoms with Crippen LogP contribution < -0.4 is 15.7 Å². The lowest BCUT2D eigenvalue weighted by molar-refractivity contribution is -0.309. The molecule has 7 nitrogen and oxygen atoms in total. The second-order valence-corrected chi connectivity index (χ2v) is 6.06. The first-order valence-electron chi connectivity index (χ1n) is 8.11. The van der Waals surface area contributed by atoms with Gasteiger partial charge in [0.1, 0.15) is 11.5 Å². The van der Waals surface area contributed by atoms with Gasteiger partial charge in [-0.25, -0.2) is 4.39 Å². The van der Waals surface area contributed by atoms with Crippen molar-refractivity contribution in [2.75, 3.05) is 0 Å². The highest BCUT2D eigenvalue weighted by molar-refractivity contribution is 6.05. The number of carboxylic acid groups (broad SMARTS) is 1. The smallest absolute Gasteiger partial charge is 0.291 e. The topological polar surface area (TPSA) is 111 Å². The second-order valence-electron chi connectivity index (χ2n) is 6.06. The van der Waals surface area contributed by atoms with Crippen molar-refractivity contribution < 1.29 is 28.3 Å². The van der Waals surface area contributed by atoms with Gasteiger partial charge in [0.05, 0.1) is 18.3 Å². The van der Waals surface area contributed by atoms with Crippen molar-refractivity contribution in [3.8, 4) is 0 Å². The van der Waals surface area contributed by atoms with E-state index in [-0.39, 0.29) is 11.5 Å². The fourth-order valence-corrected chi connectivity index (χ4v) is 2.19. The molecule has 0 unspecified atom stereocenters. The molecule has 142 valence electrons. The number of amides is 2. The van der Waals surface area contributed by atoms with Gasteiger partial charge in [-0.1, -0.05) is 26.0 Å². The molecule has 0 aliphatic rings. The van der Waals surface area contributed by atoms with E-state index in [1.54, 1.807) is 13.8 Å². The summed E-state index contributed by atoms with van der Waals surface area (Å²) in [6, 6.07) is 6.83. The van der Waals surface area contributed by atoms with Gasteiger partial charge in [-0.05, 0) is 41.8 Å². The second kappa shape index (κ2) is 8.79. The van der Waals surface area contributed by atoms with E-state index in [1.807, 2.05) is 0 Å². The third-order valence-electron chi connectivity index (χ3n) is 3.63. The number of hydrogen-bond donors (Lipinski definition) is 2. The largest absolute Gasteiger partial charge is 0.548 e. The molecule has 0 fully saturated rings. The van der Waals surface area contributed by atoms with Crippen molar-refractivity contribution >= 4 is 23.9 Å². The Labute approximate surface area is 154 Å². The number of aliphatic carboxylic acids is 1. The lowest BCUT2D eigenvalue weighted by Crippen LogP contribution is -2.52. The first kappa shape index (κ1) is 19.9. The SMILES string of the molecule is CC(C)[C@@H](NC(=O)/C(=C/c1ccc(F)cc1)NC(=O)c1ccco1)C(=O)[O-]. The van der Waals surface area contributed by atoms with Gasteiger partial charge in [-0.3, -0.25) is 9.59 Å². The third kappa shape index (κ3) is 5.53. The summed E-state index contributed by atoms with van der Waals surface area (Å²) in [7, 11) is 0. The van der Waals surface area contributed by atoms with Crippen LogP contribution >= 0.6 is 0 Å². The average Bonchev–Trinajstić information content (AvgIpc) is 3.14. The maximum Gasteiger partial charge on any atom is 0.291 e. The van der Waals surface area contributed by atoms with Gasteiger partial charge in [0.25, 0.3) is 11.8 Å². The lowest BCUT2D eigenvalue weighted by Gasteiger charge is -2.24. The van der Waals surface area contributed by atoms with E-state index >= 15 is 0 Å². The van der Waals surface area contributed by atoms with Crippen LogP contribution in [0.25, 0.3) is 6.08 Å². The van der Waals surface area contributed by atoms with Crippen LogP contribution in [0.4, 0.5) is 4.39 Å². The Morgan fingerprint density at radius 1 is 1.15 bits per heavy atom. The molecule has 1 aromatic carbocycles. The molecule has 0 radical (unpaired) electrons. The van der Waals surface area contributed by atoms with Crippen molar-refractivity contribution in [3.05, 3.63) is 65.5 Å². The fraction of sp³-hybridized carbons (Fsp3) is 0.211. The van der Waals surface area contributed by atoms with Crippen LogP contribution in [0.15, 0.2) is 52.8 Å². The Hall–Kier alpha value is -3.42. The van der Waals surface area contributed by atoms with Gasteiger partial charge in [0.15, 0.2) is 5.76 Å². The summed E-state index contributed by atoms with van der Waals surface area (Å²) in [5.74, 6) is -3.91. The van der Waals surface area contributed by atoms with E-state index < -0.39 is 35.6 Å². The minimum atomic E-state index is -1.45. The molecule has 2 aromatic rings. The molecular formula is C19H18FN2O5-. The predicted molar refractivity (Wildman–Crippen MR) is 92.3 cm³/mol. The van der Waals surface area contributed by atoms with Crippen LogP contribution in [0.3, 0.4) is 0 Å². The standard InChI is InChI=1S/C19H19FN2O5/c1-11(2)16(19(25)26)22-17(23)14(10-12-5-7-13(20)8-6-12)21-18(24)15-4-3-9-27-15/h3-11,16H,1-2H3,(H,21,24)(H,22,23)(H,25,26)/p-1/b14-10-/t16-/m1/s1. The zero-order chi connectivity index (χ0) is 20.0. The fourth-order valence-electron chi connectivity index (χ4n) is 2.19. The Balaban J connectivity index is 2.30. The Morgan fingerprint density at radius 3 is 2.33 bits per heavy atom. The molecule has 27 heavy (non-hydrogen) atoms. The summed E-state index contributed by atoms with van der Waals surface area (Å²) in [4.78, 5) is 36.0. The van der Waals surface area contributed by atoms with Gasteiger partial charge < -0.3 is 25.0 Å². The van der Waals surface area contributed by atoms with Gasteiger partial charge in [0, 0.05) is 0 Å². The number of halogens is 1. The van der Waals surface area contributed by atoms with Gasteiger partial charge in [0.2, 0.25) is 0 Å². The van der Waals surface area contributed by atoms with Gasteiger partial charge >= 0.3 is 0 Å². The number of benzene rings is 1. The zero-order valence-electron chi connectivity index (χ0n) is 14.7. The van der Waals surface area contributed by atoms with Crippen LogP contribution in [0.2, 0.25) is 0 Å². The average molecular weight is 373 g/mol. The molecule has 0 bridgehead atoms. The zero-order valence-corrected chi connectivity index (χ0v) is 14.7. The maximum atomic E-state index is 13.1. The predicted octanol–water partition coefficient (Wildman–Crippen LogP) is 1.08. The summed E-state index contributed by atoms with van der Waals surface area (Å²) < 4.78 is 18.0. The highest BCUT2D eigenvalue weighted by Gasteiger charge is 2.22. The summed E-state index contributed by atoms with van der Waals surface area (Å²) in [6.45, 7) is 3.21. The monoisotopic (exact) mass is 373 g/mol. The van der Waals surface area contributed by atoms with E-state index in [9.17, 15) is 23.9 Å². The van der Waals surface area contributed by atoms with Crippen LogP contribution in [-0.4, -0.2) is 23.8 Å². The molecule has 2 amide bonds. The minimum absolute atomic E-state index is 0.0342. The lowest BCUT2D eigenvalue weighted by atomic mass is 10.0. The van der Waals surface area contributed by atoms with Crippen molar-refractivity contribution in [1.82, 2.24) is 10.6 Å². The molecule has 1 heterocycles. The Kier molecular flexibility index (Phi) is 6.48. The van der Waals surface area contributed by atoms with Crippen LogP contribution in [0.5, 0.6) is 0 Å². The number of carbonyl (C=O) groups is 3. The molecular weight excluding hydrogens is 355 g/mol. The van der Waals surface area contributed by atoms with E-state index in [0.29, 0.717) is 5.56 Å². The van der Waals surface area contributed by atoms with Crippen molar-refractivity contribution in [1.29, 1.82) is 0 Å². The highest BCUT2D eigenvalue weighted by atomic mass is 19.1. The molecule has 2 N–H and O–H groups in total. The molecule has 8 heteroatoms. The quantitative estimate of drug-likeness (QED) is 0.706. The minimum Gasteiger partial charge on any atom is -0.548 e. The Morgan fingerprint density at radius 2 is 1.81 bits per heavy atom. The van der Waals surface area contributed by atoms with E-state index in [2.05, 4.69) is 10.6 Å². The summed E-state index contributed by atoms with van der Waals surface area (Å²) in [5.41, 5.74) is 0.200.